The molecule has 3 heterocycles. The molecule has 1 aliphatic carbocycles. The van der Waals surface area contributed by atoms with Crippen molar-refractivity contribution < 1.29 is 16.8 Å². The molecule has 0 aliphatic heterocycles. The molecule has 1 fully saturated rings. The number of hydrogen-bond donors (Lipinski definition) is 2. The standard InChI is InChI=1S/C22H25ClN6O4S2/c1-14-5-2-3-6-18(14)35(32,33)22-21-27-26-20(29(21)17-9-11-24-19(17)25-22)15-7-8-16(13-15)28-34(30,31)12-4-10-23/h2-3,5-6,9,11,15-16,24,28H,4,7-8,10,12-13H2,1H3/t15-,16+/m1/s1. The number of H-pyrrole nitrogens is 1. The lowest BCUT2D eigenvalue weighted by atomic mass is 10.1. The number of nitrogens with one attached hydrogen (secondary N) is 2. The number of benzene rings is 1. The van der Waals surface area contributed by atoms with Gasteiger partial charge in [-0.05, 0) is 50.3 Å². The molecule has 4 aromatic rings. The van der Waals surface area contributed by atoms with E-state index < -0.39 is 19.9 Å². The van der Waals surface area contributed by atoms with Gasteiger partial charge in [0.25, 0.3) is 0 Å². The molecule has 13 heteroatoms. The zero-order chi connectivity index (χ0) is 24.8. The monoisotopic (exact) mass is 536 g/mol. The lowest BCUT2D eigenvalue weighted by Crippen LogP contribution is -2.34. The minimum Gasteiger partial charge on any atom is -0.345 e. The van der Waals surface area contributed by atoms with E-state index in [4.69, 9.17) is 11.6 Å². The van der Waals surface area contributed by atoms with Crippen LogP contribution in [0.4, 0.5) is 0 Å². The summed E-state index contributed by atoms with van der Waals surface area (Å²) in [6, 6.07) is 8.31. The van der Waals surface area contributed by atoms with E-state index in [-0.39, 0.29) is 39.2 Å². The van der Waals surface area contributed by atoms with Crippen LogP contribution in [0.5, 0.6) is 0 Å². The van der Waals surface area contributed by atoms with Crippen molar-refractivity contribution in [3.05, 3.63) is 47.9 Å². The fourth-order valence-electron chi connectivity index (χ4n) is 4.73. The molecule has 10 nitrogen and oxygen atoms in total. The fourth-order valence-corrected chi connectivity index (χ4v) is 7.93. The SMILES string of the molecule is Cc1ccccc1S(=O)(=O)c1nc2[nH]ccc2n2c([C@@H]3CC[C@H](NS(=O)(=O)CCCCl)C3)nnc12. The first-order valence-corrected chi connectivity index (χ1v) is 15.0. The van der Waals surface area contributed by atoms with Gasteiger partial charge in [0.05, 0.1) is 16.2 Å². The molecule has 3 aromatic heterocycles. The summed E-state index contributed by atoms with van der Waals surface area (Å²) in [6.07, 6.45) is 3.95. The molecule has 35 heavy (non-hydrogen) atoms. The van der Waals surface area contributed by atoms with Crippen molar-refractivity contribution in [2.45, 2.75) is 54.5 Å². The van der Waals surface area contributed by atoms with Gasteiger partial charge in [0.15, 0.2) is 11.3 Å². The summed E-state index contributed by atoms with van der Waals surface area (Å²) in [5, 5.41) is 8.47. The number of sulfone groups is 1. The Morgan fingerprint density at radius 3 is 2.71 bits per heavy atom. The van der Waals surface area contributed by atoms with Crippen molar-refractivity contribution in [2.24, 2.45) is 0 Å². The normalized spacial score (nSPS) is 19.1. The van der Waals surface area contributed by atoms with Crippen molar-refractivity contribution in [1.29, 1.82) is 0 Å². The third kappa shape index (κ3) is 4.44. The number of sulfonamides is 1. The minimum absolute atomic E-state index is 0.0126. The van der Waals surface area contributed by atoms with Gasteiger partial charge in [0.2, 0.25) is 24.9 Å². The average molecular weight is 537 g/mol. The third-order valence-corrected chi connectivity index (χ3v) is 9.97. The average Bonchev–Trinajstić information content (AvgIpc) is 3.55. The second-order valence-electron chi connectivity index (χ2n) is 8.80. The van der Waals surface area contributed by atoms with Crippen LogP contribution in [0.1, 0.15) is 43.0 Å². The van der Waals surface area contributed by atoms with Gasteiger partial charge in [0, 0.05) is 24.0 Å². The molecule has 5 rings (SSSR count). The second kappa shape index (κ2) is 9.16. The Labute approximate surface area is 208 Å². The number of nitrogens with zero attached hydrogens (tertiary/aromatic N) is 4. The number of fused-ring (bicyclic) bond motifs is 3. The molecule has 0 unspecified atom stereocenters. The number of aromatic nitrogens is 5. The Hall–Kier alpha value is -2.54. The predicted molar refractivity (Wildman–Crippen MR) is 132 cm³/mol. The molecule has 0 amide bonds. The molecule has 0 saturated heterocycles. The fraction of sp³-hybridized carbons (Fsp3) is 0.409. The van der Waals surface area contributed by atoms with Gasteiger partial charge in [0.1, 0.15) is 5.82 Å². The molecular weight excluding hydrogens is 512 g/mol. The Morgan fingerprint density at radius 2 is 1.94 bits per heavy atom. The summed E-state index contributed by atoms with van der Waals surface area (Å²) in [7, 11) is -7.40. The van der Waals surface area contributed by atoms with E-state index in [1.165, 1.54) is 0 Å². The highest BCUT2D eigenvalue weighted by atomic mass is 35.5. The van der Waals surface area contributed by atoms with E-state index in [1.54, 1.807) is 47.9 Å². The quantitative estimate of drug-likeness (QED) is 0.330. The first kappa shape index (κ1) is 24.2. The van der Waals surface area contributed by atoms with Crippen LogP contribution in [0.3, 0.4) is 0 Å². The Balaban J connectivity index is 1.55. The topological polar surface area (TPSA) is 139 Å². The van der Waals surface area contributed by atoms with Crippen LogP contribution >= 0.6 is 11.6 Å². The maximum absolute atomic E-state index is 13.6. The number of aromatic amines is 1. The van der Waals surface area contributed by atoms with Crippen LogP contribution in [0.15, 0.2) is 46.5 Å². The van der Waals surface area contributed by atoms with E-state index in [2.05, 4.69) is 24.9 Å². The summed E-state index contributed by atoms with van der Waals surface area (Å²) < 4.78 is 56.4. The van der Waals surface area contributed by atoms with E-state index in [9.17, 15) is 16.8 Å². The van der Waals surface area contributed by atoms with Crippen molar-refractivity contribution in [1.82, 2.24) is 29.3 Å². The molecule has 0 spiro atoms. The largest absolute Gasteiger partial charge is 0.345 e. The number of halogens is 1. The van der Waals surface area contributed by atoms with E-state index in [0.29, 0.717) is 48.2 Å². The summed E-state index contributed by atoms with van der Waals surface area (Å²) in [5.74, 6) is 0.770. The van der Waals surface area contributed by atoms with Gasteiger partial charge < -0.3 is 4.98 Å². The van der Waals surface area contributed by atoms with Gasteiger partial charge in [-0.1, -0.05) is 18.2 Å². The first-order chi connectivity index (χ1) is 16.7. The highest BCUT2D eigenvalue weighted by Crippen LogP contribution is 2.36. The molecule has 2 N–H and O–H groups in total. The van der Waals surface area contributed by atoms with E-state index in [1.807, 2.05) is 0 Å². The van der Waals surface area contributed by atoms with Crippen LogP contribution in [-0.4, -0.2) is 59.1 Å². The van der Waals surface area contributed by atoms with Gasteiger partial charge in [-0.15, -0.1) is 21.8 Å². The van der Waals surface area contributed by atoms with Gasteiger partial charge in [-0.3, -0.25) is 4.40 Å². The molecule has 0 bridgehead atoms. The number of rotatable bonds is 8. The van der Waals surface area contributed by atoms with Crippen molar-refractivity contribution in [3.8, 4) is 0 Å². The number of hydrogen-bond acceptors (Lipinski definition) is 7. The molecule has 186 valence electrons. The van der Waals surface area contributed by atoms with Gasteiger partial charge in [-0.2, -0.15) is 0 Å². The van der Waals surface area contributed by atoms with E-state index in [0.717, 1.165) is 0 Å². The predicted octanol–water partition coefficient (Wildman–Crippen LogP) is 2.93. The van der Waals surface area contributed by atoms with Crippen molar-refractivity contribution >= 4 is 48.3 Å². The van der Waals surface area contributed by atoms with Crippen LogP contribution in [-0.2, 0) is 19.9 Å². The maximum atomic E-state index is 13.6. The number of alkyl halides is 1. The van der Waals surface area contributed by atoms with Crippen LogP contribution < -0.4 is 4.72 Å². The summed E-state index contributed by atoms with van der Waals surface area (Å²) in [4.78, 5) is 7.58. The highest BCUT2D eigenvalue weighted by Gasteiger charge is 2.34. The Kier molecular flexibility index (Phi) is 6.32. The summed E-state index contributed by atoms with van der Waals surface area (Å²) >= 11 is 5.64. The molecule has 1 aliphatic rings. The van der Waals surface area contributed by atoms with Crippen LogP contribution in [0.25, 0.3) is 16.8 Å². The lowest BCUT2D eigenvalue weighted by Gasteiger charge is -2.14. The molecule has 1 aromatic carbocycles. The zero-order valence-corrected chi connectivity index (χ0v) is 21.4. The van der Waals surface area contributed by atoms with E-state index >= 15 is 0 Å². The minimum atomic E-state index is -3.98. The molecular formula is C22H25ClN6O4S2. The molecule has 0 radical (unpaired) electrons. The lowest BCUT2D eigenvalue weighted by molar-refractivity contribution is 0.545. The number of aryl methyl sites for hydroxylation is 1. The van der Waals surface area contributed by atoms with Crippen molar-refractivity contribution in [3.63, 3.8) is 0 Å². The Morgan fingerprint density at radius 1 is 1.14 bits per heavy atom. The van der Waals surface area contributed by atoms with Crippen molar-refractivity contribution in [2.75, 3.05) is 11.6 Å². The maximum Gasteiger partial charge on any atom is 0.228 e. The van der Waals surface area contributed by atoms with Gasteiger partial charge >= 0.3 is 0 Å². The second-order valence-corrected chi connectivity index (χ2v) is 12.9. The summed E-state index contributed by atoms with van der Waals surface area (Å²) in [6.45, 7) is 1.74. The molecule has 2 atom stereocenters. The van der Waals surface area contributed by atoms with Gasteiger partial charge in [-0.25, -0.2) is 26.5 Å². The Bertz CT molecular complexity index is 1610. The van der Waals surface area contributed by atoms with Crippen LogP contribution in [0, 0.1) is 6.92 Å². The molecule has 1 saturated carbocycles. The smallest absolute Gasteiger partial charge is 0.228 e. The van der Waals surface area contributed by atoms with Crippen LogP contribution in [0.2, 0.25) is 0 Å². The first-order valence-electron chi connectivity index (χ1n) is 11.3. The highest BCUT2D eigenvalue weighted by molar-refractivity contribution is 7.91. The zero-order valence-electron chi connectivity index (χ0n) is 19.0. The summed E-state index contributed by atoms with van der Waals surface area (Å²) in [5.41, 5.74) is 1.83. The third-order valence-electron chi connectivity index (χ3n) is 6.37.